The average Bonchev–Trinajstić information content (AvgIpc) is 2.87. The van der Waals surface area contributed by atoms with Gasteiger partial charge in [-0.25, -0.2) is 0 Å². The number of hydrogen-bond donors (Lipinski definition) is 1. The van der Waals surface area contributed by atoms with E-state index in [4.69, 9.17) is 4.74 Å². The maximum Gasteiger partial charge on any atom is 0.251 e. The van der Waals surface area contributed by atoms with Crippen LogP contribution in [0, 0.1) is 12.8 Å². The van der Waals surface area contributed by atoms with Gasteiger partial charge in [-0.05, 0) is 90.7 Å². The van der Waals surface area contributed by atoms with Crippen molar-refractivity contribution < 1.29 is 14.3 Å². The van der Waals surface area contributed by atoms with Crippen LogP contribution in [0.3, 0.4) is 0 Å². The van der Waals surface area contributed by atoms with Crippen LogP contribution < -0.4 is 15.0 Å². The lowest BCUT2D eigenvalue weighted by Crippen LogP contribution is -2.34. The minimum absolute atomic E-state index is 0.0526. The van der Waals surface area contributed by atoms with Gasteiger partial charge < -0.3 is 15.0 Å². The number of rotatable bonds is 7. The van der Waals surface area contributed by atoms with E-state index in [2.05, 4.69) is 57.0 Å². The number of hydrogen-bond acceptors (Lipinski definition) is 4. The van der Waals surface area contributed by atoms with Crippen LogP contribution in [0.4, 0.5) is 5.69 Å². The van der Waals surface area contributed by atoms with Crippen LogP contribution in [0.15, 0.2) is 30.3 Å². The van der Waals surface area contributed by atoms with E-state index in [1.165, 1.54) is 19.3 Å². The number of anilines is 1. The summed E-state index contributed by atoms with van der Waals surface area (Å²) in [6.45, 7) is 16.4. The van der Waals surface area contributed by atoms with Crippen LogP contribution in [0.5, 0.6) is 5.75 Å². The molecular weight excluding hydrogens is 486 g/mol. The van der Waals surface area contributed by atoms with Gasteiger partial charge in [0.1, 0.15) is 5.75 Å². The predicted molar refractivity (Wildman–Crippen MR) is 161 cm³/mol. The number of nitrogens with zero attached hydrogens (tertiary/aromatic N) is 2. The molecule has 0 aliphatic carbocycles. The van der Waals surface area contributed by atoms with Crippen molar-refractivity contribution in [2.75, 3.05) is 31.6 Å². The van der Waals surface area contributed by atoms with Crippen molar-refractivity contribution in [2.45, 2.75) is 92.7 Å². The molecule has 0 aromatic heterocycles. The molecule has 0 spiro atoms. The Labute approximate surface area is 236 Å². The molecule has 6 nitrogen and oxygen atoms in total. The fourth-order valence-corrected chi connectivity index (χ4v) is 5.53. The summed E-state index contributed by atoms with van der Waals surface area (Å²) in [5.41, 5.74) is 5.93. The van der Waals surface area contributed by atoms with E-state index in [1.54, 1.807) is 14.0 Å². The summed E-state index contributed by atoms with van der Waals surface area (Å²) >= 11 is 0. The quantitative estimate of drug-likeness (QED) is 0.422. The number of carbonyl (C=O) groups is 2. The van der Waals surface area contributed by atoms with Crippen molar-refractivity contribution in [3.05, 3.63) is 58.1 Å². The Hall–Kier alpha value is -2.86. The maximum absolute atomic E-state index is 13.4. The number of nitrogens with one attached hydrogen (secondary N) is 1. The summed E-state index contributed by atoms with van der Waals surface area (Å²) in [6, 6.07) is 10.0. The van der Waals surface area contributed by atoms with Gasteiger partial charge in [-0.15, -0.1) is 0 Å². The van der Waals surface area contributed by atoms with Gasteiger partial charge in [0.15, 0.2) is 0 Å². The summed E-state index contributed by atoms with van der Waals surface area (Å²) in [7, 11) is 1.70. The van der Waals surface area contributed by atoms with Gasteiger partial charge in [-0.3, -0.25) is 14.5 Å². The normalized spacial score (nSPS) is 15.5. The van der Waals surface area contributed by atoms with Gasteiger partial charge in [0.2, 0.25) is 5.91 Å². The summed E-state index contributed by atoms with van der Waals surface area (Å²) in [6.07, 6.45) is 5.73. The first-order valence-electron chi connectivity index (χ1n) is 14.7. The van der Waals surface area contributed by atoms with E-state index >= 15 is 0 Å². The molecule has 0 radical (unpaired) electrons. The molecule has 214 valence electrons. The number of aryl methyl sites for hydroxylation is 1. The summed E-state index contributed by atoms with van der Waals surface area (Å²) in [5.74, 6) is 1.70. The predicted octanol–water partition coefficient (Wildman–Crippen LogP) is 6.83. The standard InChI is InChI=1S/C33H49N3O3/c1-23(2)21-35-15-11-9-8-10-12-16-36(26(6)37)31-14-13-27(18-29(31)22-35)33(38)34-20-28-19-30(24(3)4)32(39-7)17-25(28)5/h13-14,17-19,23-24H,8-12,15-16,20-22H2,1-7H3,(H,34,38). The minimum Gasteiger partial charge on any atom is -0.496 e. The second kappa shape index (κ2) is 14.5. The van der Waals surface area contributed by atoms with E-state index in [0.717, 1.165) is 66.2 Å². The van der Waals surface area contributed by atoms with Gasteiger partial charge >= 0.3 is 0 Å². The second-order valence-electron chi connectivity index (χ2n) is 11.8. The molecule has 1 heterocycles. The highest BCUT2D eigenvalue weighted by molar-refractivity contribution is 5.97. The van der Waals surface area contributed by atoms with E-state index < -0.39 is 0 Å². The smallest absolute Gasteiger partial charge is 0.251 e. The Morgan fingerprint density at radius 2 is 1.67 bits per heavy atom. The van der Waals surface area contributed by atoms with Gasteiger partial charge in [0, 0.05) is 44.4 Å². The van der Waals surface area contributed by atoms with Crippen molar-refractivity contribution >= 4 is 17.5 Å². The molecule has 0 fully saturated rings. The van der Waals surface area contributed by atoms with Crippen molar-refractivity contribution in [1.29, 1.82) is 0 Å². The van der Waals surface area contributed by atoms with E-state index in [-0.39, 0.29) is 11.8 Å². The topological polar surface area (TPSA) is 61.9 Å². The number of ether oxygens (including phenoxy) is 1. The number of benzene rings is 2. The third-order valence-corrected chi connectivity index (χ3v) is 7.64. The Kier molecular flexibility index (Phi) is 11.4. The minimum atomic E-state index is -0.102. The highest BCUT2D eigenvalue weighted by atomic mass is 16.5. The zero-order valence-electron chi connectivity index (χ0n) is 25.2. The molecule has 1 aliphatic rings. The van der Waals surface area contributed by atoms with Crippen LogP contribution in [0.2, 0.25) is 0 Å². The molecule has 2 aromatic carbocycles. The van der Waals surface area contributed by atoms with Gasteiger partial charge in [-0.2, -0.15) is 0 Å². The average molecular weight is 536 g/mol. The first-order valence-corrected chi connectivity index (χ1v) is 14.7. The molecule has 2 amide bonds. The van der Waals surface area contributed by atoms with Gasteiger partial charge in [0.25, 0.3) is 5.91 Å². The molecule has 3 rings (SSSR count). The maximum atomic E-state index is 13.4. The largest absolute Gasteiger partial charge is 0.496 e. The Balaban J connectivity index is 1.89. The molecule has 0 unspecified atom stereocenters. The third kappa shape index (κ3) is 8.56. The molecule has 0 atom stereocenters. The van der Waals surface area contributed by atoms with Gasteiger partial charge in [-0.1, -0.05) is 47.0 Å². The SMILES string of the molecule is COc1cc(C)c(CNC(=O)c2ccc3c(c2)CN(CC(C)C)CCCCCCCN3C(C)=O)cc1C(C)C. The third-order valence-electron chi connectivity index (χ3n) is 7.64. The number of fused-ring (bicyclic) bond motifs is 1. The van der Waals surface area contributed by atoms with Crippen molar-refractivity contribution in [1.82, 2.24) is 10.2 Å². The number of methoxy groups -OCH3 is 1. The number of carbonyl (C=O) groups excluding carboxylic acids is 2. The molecule has 0 saturated heterocycles. The molecular formula is C33H49N3O3. The van der Waals surface area contributed by atoms with Crippen molar-refractivity contribution in [3.8, 4) is 5.75 Å². The van der Waals surface area contributed by atoms with E-state index in [9.17, 15) is 9.59 Å². The monoisotopic (exact) mass is 535 g/mol. The lowest BCUT2D eigenvalue weighted by molar-refractivity contribution is -0.116. The fraction of sp³-hybridized carbons (Fsp3) is 0.576. The first kappa shape index (κ1) is 30.7. The van der Waals surface area contributed by atoms with Crippen molar-refractivity contribution in [2.24, 2.45) is 5.92 Å². The van der Waals surface area contributed by atoms with Crippen LogP contribution in [0.25, 0.3) is 0 Å². The molecule has 1 aliphatic heterocycles. The van der Waals surface area contributed by atoms with Crippen LogP contribution in [0.1, 0.15) is 105 Å². The first-order chi connectivity index (χ1) is 18.6. The molecule has 1 N–H and O–H groups in total. The molecule has 0 saturated carbocycles. The zero-order valence-corrected chi connectivity index (χ0v) is 25.2. The van der Waals surface area contributed by atoms with Gasteiger partial charge in [0.05, 0.1) is 7.11 Å². The lowest BCUT2D eigenvalue weighted by Gasteiger charge is -2.30. The van der Waals surface area contributed by atoms with Crippen LogP contribution >= 0.6 is 0 Å². The summed E-state index contributed by atoms with van der Waals surface area (Å²) in [4.78, 5) is 30.5. The lowest BCUT2D eigenvalue weighted by atomic mass is 9.96. The van der Waals surface area contributed by atoms with Crippen LogP contribution in [-0.2, 0) is 17.9 Å². The Morgan fingerprint density at radius 1 is 0.974 bits per heavy atom. The molecule has 0 bridgehead atoms. The van der Waals surface area contributed by atoms with Crippen molar-refractivity contribution in [3.63, 3.8) is 0 Å². The zero-order chi connectivity index (χ0) is 28.5. The highest BCUT2D eigenvalue weighted by Gasteiger charge is 2.21. The Morgan fingerprint density at radius 3 is 2.31 bits per heavy atom. The summed E-state index contributed by atoms with van der Waals surface area (Å²) in [5, 5.41) is 3.14. The van der Waals surface area contributed by atoms with E-state index in [1.807, 2.05) is 23.1 Å². The highest BCUT2D eigenvalue weighted by Crippen LogP contribution is 2.30. The molecule has 2 aromatic rings. The summed E-state index contributed by atoms with van der Waals surface area (Å²) < 4.78 is 5.58. The molecule has 39 heavy (non-hydrogen) atoms. The molecule has 6 heteroatoms. The Bertz CT molecular complexity index is 1130. The van der Waals surface area contributed by atoms with E-state index in [0.29, 0.717) is 30.5 Å². The number of amides is 2. The fourth-order valence-electron chi connectivity index (χ4n) is 5.53. The van der Waals surface area contributed by atoms with Crippen LogP contribution in [-0.4, -0.2) is 43.5 Å². The second-order valence-corrected chi connectivity index (χ2v) is 11.8.